The predicted molar refractivity (Wildman–Crippen MR) is 81.3 cm³/mol. The summed E-state index contributed by atoms with van der Waals surface area (Å²) in [4.78, 5) is 0. The number of morpholine rings is 1. The van der Waals surface area contributed by atoms with Gasteiger partial charge in [-0.05, 0) is 24.5 Å². The summed E-state index contributed by atoms with van der Waals surface area (Å²) < 4.78 is 34.1. The van der Waals surface area contributed by atoms with Crippen LogP contribution >= 0.6 is 0 Å². The predicted octanol–water partition coefficient (Wildman–Crippen LogP) is 0.864. The number of hydrogen-bond acceptors (Lipinski definition) is 4. The van der Waals surface area contributed by atoms with E-state index in [2.05, 4.69) is 0 Å². The lowest BCUT2D eigenvalue weighted by molar-refractivity contribution is 0.0729. The van der Waals surface area contributed by atoms with E-state index in [0.29, 0.717) is 38.5 Å². The number of benzene rings is 1. The molecular weight excluding hydrogens is 290 g/mol. The highest BCUT2D eigenvalue weighted by Gasteiger charge is 2.34. The van der Waals surface area contributed by atoms with Gasteiger partial charge in [0.25, 0.3) is 0 Å². The summed E-state index contributed by atoms with van der Waals surface area (Å²) in [5, 5.41) is 0. The Balaban J connectivity index is 1.99. The third-order valence-corrected chi connectivity index (χ3v) is 6.01. The minimum atomic E-state index is -3.51. The van der Waals surface area contributed by atoms with Crippen molar-refractivity contribution >= 4 is 15.9 Å². The van der Waals surface area contributed by atoms with E-state index in [-0.39, 0.29) is 6.04 Å². The lowest BCUT2D eigenvalue weighted by Crippen LogP contribution is -2.49. The summed E-state index contributed by atoms with van der Waals surface area (Å²) in [7, 11) is -3.51. The molecule has 3 rings (SSSR count). The van der Waals surface area contributed by atoms with Gasteiger partial charge < -0.3 is 10.5 Å². The molecule has 0 spiro atoms. The van der Waals surface area contributed by atoms with Crippen LogP contribution in [-0.2, 0) is 14.9 Å². The highest BCUT2D eigenvalue weighted by atomic mass is 32.2. The van der Waals surface area contributed by atoms with Gasteiger partial charge in [-0.3, -0.25) is 4.31 Å². The van der Waals surface area contributed by atoms with Crippen molar-refractivity contribution < 1.29 is 13.2 Å². The molecular formula is C14H21N3O3S. The molecule has 1 aromatic rings. The first kappa shape index (κ1) is 14.8. The van der Waals surface area contributed by atoms with Crippen LogP contribution in [0.25, 0.3) is 0 Å². The zero-order valence-corrected chi connectivity index (χ0v) is 12.8. The van der Waals surface area contributed by atoms with Gasteiger partial charge in [-0.25, -0.2) is 0 Å². The fourth-order valence-electron chi connectivity index (χ4n) is 2.92. The van der Waals surface area contributed by atoms with Crippen LogP contribution in [0.2, 0.25) is 0 Å². The van der Waals surface area contributed by atoms with Crippen molar-refractivity contribution in [2.24, 2.45) is 5.73 Å². The molecule has 21 heavy (non-hydrogen) atoms. The first-order chi connectivity index (χ1) is 10.1. The molecule has 7 heteroatoms. The quantitative estimate of drug-likeness (QED) is 0.879. The maximum absolute atomic E-state index is 12.9. The van der Waals surface area contributed by atoms with Crippen LogP contribution in [0.5, 0.6) is 0 Å². The SMILES string of the molecule is NC1CCCN(S(=O)(=O)N2CCOCC2)c2ccccc21. The monoisotopic (exact) mass is 311 g/mol. The molecule has 0 aromatic heterocycles. The van der Waals surface area contributed by atoms with E-state index in [1.54, 1.807) is 0 Å². The zero-order chi connectivity index (χ0) is 14.9. The third-order valence-electron chi connectivity index (χ3n) is 4.06. The van der Waals surface area contributed by atoms with Crippen LogP contribution in [0.4, 0.5) is 5.69 Å². The van der Waals surface area contributed by atoms with Crippen molar-refractivity contribution in [2.45, 2.75) is 18.9 Å². The number of fused-ring (bicyclic) bond motifs is 1. The van der Waals surface area contributed by atoms with Gasteiger partial charge in [0.15, 0.2) is 0 Å². The first-order valence-corrected chi connectivity index (χ1v) is 8.70. The van der Waals surface area contributed by atoms with Gasteiger partial charge in [0.05, 0.1) is 18.9 Å². The molecule has 2 heterocycles. The van der Waals surface area contributed by atoms with Crippen LogP contribution in [0.15, 0.2) is 24.3 Å². The van der Waals surface area contributed by atoms with E-state index in [1.807, 2.05) is 24.3 Å². The van der Waals surface area contributed by atoms with Crippen molar-refractivity contribution in [1.82, 2.24) is 4.31 Å². The third kappa shape index (κ3) is 2.78. The normalized spacial score (nSPS) is 24.4. The van der Waals surface area contributed by atoms with Gasteiger partial charge in [0, 0.05) is 25.7 Å². The molecule has 0 amide bonds. The van der Waals surface area contributed by atoms with E-state index < -0.39 is 10.2 Å². The fourth-order valence-corrected chi connectivity index (χ4v) is 4.58. The Morgan fingerprint density at radius 1 is 1.14 bits per heavy atom. The van der Waals surface area contributed by atoms with E-state index in [1.165, 1.54) is 8.61 Å². The van der Waals surface area contributed by atoms with E-state index in [0.717, 1.165) is 18.4 Å². The second-order valence-corrected chi connectivity index (χ2v) is 7.25. The number of nitrogens with two attached hydrogens (primary N) is 1. The summed E-state index contributed by atoms with van der Waals surface area (Å²) >= 11 is 0. The molecule has 1 unspecified atom stereocenters. The lowest BCUT2D eigenvalue weighted by Gasteiger charge is -2.33. The van der Waals surface area contributed by atoms with Crippen LogP contribution in [0.3, 0.4) is 0 Å². The second-order valence-electron chi connectivity index (χ2n) is 5.40. The van der Waals surface area contributed by atoms with E-state index in [9.17, 15) is 8.42 Å². The van der Waals surface area contributed by atoms with E-state index in [4.69, 9.17) is 10.5 Å². The summed E-state index contributed by atoms with van der Waals surface area (Å²) in [5.74, 6) is 0. The maximum Gasteiger partial charge on any atom is 0.304 e. The van der Waals surface area contributed by atoms with Gasteiger partial charge in [0.2, 0.25) is 0 Å². The molecule has 0 radical (unpaired) electrons. The average molecular weight is 311 g/mol. The first-order valence-electron chi connectivity index (χ1n) is 7.31. The fraction of sp³-hybridized carbons (Fsp3) is 0.571. The van der Waals surface area contributed by atoms with Crippen molar-refractivity contribution in [2.75, 3.05) is 37.2 Å². The number of ether oxygens (including phenoxy) is 1. The van der Waals surface area contributed by atoms with E-state index >= 15 is 0 Å². The van der Waals surface area contributed by atoms with Crippen LogP contribution in [-0.4, -0.2) is 45.6 Å². The van der Waals surface area contributed by atoms with Gasteiger partial charge >= 0.3 is 10.2 Å². The second kappa shape index (κ2) is 5.92. The van der Waals surface area contributed by atoms with Gasteiger partial charge in [0.1, 0.15) is 0 Å². The average Bonchev–Trinajstić information content (AvgIpc) is 2.68. The Morgan fingerprint density at radius 3 is 2.62 bits per heavy atom. The lowest BCUT2D eigenvalue weighted by atomic mass is 10.0. The number of anilines is 1. The number of hydrogen-bond donors (Lipinski definition) is 1. The Bertz CT molecular complexity index is 599. The van der Waals surface area contributed by atoms with Gasteiger partial charge in [-0.1, -0.05) is 18.2 Å². The molecule has 6 nitrogen and oxygen atoms in total. The minimum Gasteiger partial charge on any atom is -0.379 e. The molecule has 1 aromatic carbocycles. The highest BCUT2D eigenvalue weighted by Crippen LogP contribution is 2.33. The van der Waals surface area contributed by atoms with Crippen molar-refractivity contribution in [3.8, 4) is 0 Å². The molecule has 2 aliphatic heterocycles. The van der Waals surface area contributed by atoms with Crippen LogP contribution in [0.1, 0.15) is 24.4 Å². The van der Waals surface area contributed by atoms with Crippen molar-refractivity contribution in [3.63, 3.8) is 0 Å². The molecule has 0 aliphatic carbocycles. The summed E-state index contributed by atoms with van der Waals surface area (Å²) in [6.45, 7) is 2.20. The summed E-state index contributed by atoms with van der Waals surface area (Å²) in [6, 6.07) is 7.43. The van der Waals surface area contributed by atoms with Crippen molar-refractivity contribution in [1.29, 1.82) is 0 Å². The minimum absolute atomic E-state index is 0.105. The molecule has 0 saturated carbocycles. The number of nitrogens with zero attached hydrogens (tertiary/aromatic N) is 2. The Kier molecular flexibility index (Phi) is 4.17. The Morgan fingerprint density at radius 2 is 1.86 bits per heavy atom. The molecule has 0 bridgehead atoms. The molecule has 1 atom stereocenters. The smallest absolute Gasteiger partial charge is 0.304 e. The largest absolute Gasteiger partial charge is 0.379 e. The summed E-state index contributed by atoms with van der Waals surface area (Å²) in [5.41, 5.74) is 7.80. The topological polar surface area (TPSA) is 75.9 Å². The maximum atomic E-state index is 12.9. The van der Waals surface area contributed by atoms with Crippen molar-refractivity contribution in [3.05, 3.63) is 29.8 Å². The van der Waals surface area contributed by atoms with Gasteiger partial charge in [-0.2, -0.15) is 12.7 Å². The Labute approximate surface area is 125 Å². The van der Waals surface area contributed by atoms with Crippen LogP contribution < -0.4 is 10.0 Å². The van der Waals surface area contributed by atoms with Crippen LogP contribution in [0, 0.1) is 0 Å². The molecule has 2 aliphatic rings. The standard InChI is InChI=1S/C14H21N3O3S/c15-13-5-3-7-17(14-6-2-1-4-12(13)14)21(18,19)16-8-10-20-11-9-16/h1-2,4,6,13H,3,5,7-11,15H2. The molecule has 2 N–H and O–H groups in total. The van der Waals surface area contributed by atoms with Gasteiger partial charge in [-0.15, -0.1) is 0 Å². The molecule has 116 valence electrons. The highest BCUT2D eigenvalue weighted by molar-refractivity contribution is 7.90. The molecule has 1 fully saturated rings. The zero-order valence-electron chi connectivity index (χ0n) is 11.9. The summed E-state index contributed by atoms with van der Waals surface area (Å²) in [6.07, 6.45) is 1.56. The molecule has 1 saturated heterocycles. The Hall–Kier alpha value is -1.15. The number of para-hydroxylation sites is 1. The number of rotatable bonds is 2.